The highest BCUT2D eigenvalue weighted by molar-refractivity contribution is 5.77. The molecule has 1 heterocycles. The van der Waals surface area contributed by atoms with E-state index in [0.717, 1.165) is 6.07 Å². The van der Waals surface area contributed by atoms with Crippen LogP contribution in [0.2, 0.25) is 0 Å². The first-order valence-electron chi connectivity index (χ1n) is 6.97. The summed E-state index contributed by atoms with van der Waals surface area (Å²) in [4.78, 5) is 11.4. The van der Waals surface area contributed by atoms with E-state index in [-0.39, 0.29) is 12.1 Å². The summed E-state index contributed by atoms with van der Waals surface area (Å²) in [6.07, 6.45) is -4.53. The molecule has 0 fully saturated rings. The zero-order valence-corrected chi connectivity index (χ0v) is 12.5. The van der Waals surface area contributed by atoms with Gasteiger partial charge in [-0.25, -0.2) is 4.79 Å². The van der Waals surface area contributed by atoms with Gasteiger partial charge in [-0.3, -0.25) is 4.57 Å². The van der Waals surface area contributed by atoms with Crippen LogP contribution in [-0.2, 0) is 19.8 Å². The quantitative estimate of drug-likeness (QED) is 0.767. The van der Waals surface area contributed by atoms with Crippen LogP contribution in [0.1, 0.15) is 11.1 Å². The van der Waals surface area contributed by atoms with Gasteiger partial charge in [-0.2, -0.15) is 13.2 Å². The molecule has 0 bridgehead atoms. The number of aromatic nitrogens is 1. The van der Waals surface area contributed by atoms with Crippen molar-refractivity contribution in [2.45, 2.75) is 12.7 Å². The van der Waals surface area contributed by atoms with Gasteiger partial charge in [-0.1, -0.05) is 0 Å². The van der Waals surface area contributed by atoms with Crippen LogP contribution in [0.5, 0.6) is 5.75 Å². The number of rotatable bonds is 3. The molecule has 0 aliphatic carbocycles. The molecule has 126 valence electrons. The van der Waals surface area contributed by atoms with Gasteiger partial charge in [-0.15, -0.1) is 0 Å². The molecule has 2 aromatic carbocycles. The number of nitrogens with zero attached hydrogens (tertiary/aromatic N) is 1. The van der Waals surface area contributed by atoms with Gasteiger partial charge in [0.15, 0.2) is 5.58 Å². The number of anilines is 1. The molecule has 0 spiro atoms. The highest BCUT2D eigenvalue weighted by Gasteiger charge is 2.31. The second kappa shape index (κ2) is 5.63. The van der Waals surface area contributed by atoms with Crippen LogP contribution in [0.3, 0.4) is 0 Å². The Morgan fingerprint density at radius 3 is 2.67 bits per heavy atom. The summed E-state index contributed by atoms with van der Waals surface area (Å²) in [5.41, 5.74) is 0.966. The van der Waals surface area contributed by atoms with Crippen molar-refractivity contribution in [1.82, 2.24) is 4.57 Å². The maximum Gasteiger partial charge on any atom is 0.419 e. The van der Waals surface area contributed by atoms with Crippen LogP contribution in [0.4, 0.5) is 18.9 Å². The zero-order valence-electron chi connectivity index (χ0n) is 12.5. The smallest absolute Gasteiger partial charge is 0.419 e. The van der Waals surface area contributed by atoms with Crippen LogP contribution in [0, 0.1) is 0 Å². The molecular weight excluding hydrogens is 325 g/mol. The lowest BCUT2D eigenvalue weighted by molar-refractivity contribution is -0.137. The molecule has 0 saturated heterocycles. The molecule has 8 heteroatoms. The maximum atomic E-state index is 12.8. The third kappa shape index (κ3) is 3.08. The lowest BCUT2D eigenvalue weighted by atomic mass is 10.1. The topological polar surface area (TPSA) is 67.4 Å². The Morgan fingerprint density at radius 2 is 1.96 bits per heavy atom. The van der Waals surface area contributed by atoms with Gasteiger partial charge in [0.1, 0.15) is 5.75 Å². The number of benzene rings is 2. The van der Waals surface area contributed by atoms with E-state index >= 15 is 0 Å². The SMILES string of the molecule is Cn1c(=O)oc2ccc(NCc3cc(O)cc(C(F)(F)F)c3)cc21. The summed E-state index contributed by atoms with van der Waals surface area (Å²) in [5.74, 6) is -0.945. The van der Waals surface area contributed by atoms with Gasteiger partial charge >= 0.3 is 11.9 Å². The average Bonchev–Trinajstić information content (AvgIpc) is 2.79. The first kappa shape index (κ1) is 16.0. The molecule has 2 N–H and O–H groups in total. The fourth-order valence-electron chi connectivity index (χ4n) is 2.38. The third-order valence-electron chi connectivity index (χ3n) is 3.59. The van der Waals surface area contributed by atoms with Crippen molar-refractivity contribution in [2.24, 2.45) is 7.05 Å². The number of hydrogen-bond acceptors (Lipinski definition) is 4. The van der Waals surface area contributed by atoms with Crippen LogP contribution < -0.4 is 11.1 Å². The molecule has 0 atom stereocenters. The van der Waals surface area contributed by atoms with E-state index < -0.39 is 23.2 Å². The van der Waals surface area contributed by atoms with Gasteiger partial charge in [0.2, 0.25) is 0 Å². The molecule has 0 aliphatic heterocycles. The van der Waals surface area contributed by atoms with Crippen molar-refractivity contribution >= 4 is 16.8 Å². The zero-order chi connectivity index (χ0) is 17.5. The number of aryl methyl sites for hydroxylation is 1. The highest BCUT2D eigenvalue weighted by Crippen LogP contribution is 2.32. The van der Waals surface area contributed by atoms with E-state index in [1.807, 2.05) is 0 Å². The van der Waals surface area contributed by atoms with E-state index in [2.05, 4.69) is 5.32 Å². The first-order valence-corrected chi connectivity index (χ1v) is 6.97. The Balaban J connectivity index is 1.84. The second-order valence-electron chi connectivity index (χ2n) is 5.35. The second-order valence-corrected chi connectivity index (χ2v) is 5.35. The van der Waals surface area contributed by atoms with Crippen molar-refractivity contribution < 1.29 is 22.7 Å². The minimum absolute atomic E-state index is 0.0782. The number of phenols is 1. The van der Waals surface area contributed by atoms with Crippen LogP contribution in [-0.4, -0.2) is 9.67 Å². The van der Waals surface area contributed by atoms with Gasteiger partial charge in [-0.05, 0) is 42.0 Å². The van der Waals surface area contributed by atoms with Crippen molar-refractivity contribution in [2.75, 3.05) is 5.32 Å². The molecular formula is C16H13F3N2O3. The van der Waals surface area contributed by atoms with Crippen molar-refractivity contribution in [3.05, 3.63) is 58.1 Å². The van der Waals surface area contributed by atoms with Crippen LogP contribution in [0.15, 0.2) is 45.6 Å². The molecule has 1 aromatic heterocycles. The first-order chi connectivity index (χ1) is 11.2. The summed E-state index contributed by atoms with van der Waals surface area (Å²) < 4.78 is 44.6. The van der Waals surface area contributed by atoms with Crippen LogP contribution in [0.25, 0.3) is 11.1 Å². The van der Waals surface area contributed by atoms with Crippen LogP contribution >= 0.6 is 0 Å². The molecule has 24 heavy (non-hydrogen) atoms. The number of alkyl halides is 3. The fourth-order valence-corrected chi connectivity index (χ4v) is 2.38. The number of hydrogen-bond donors (Lipinski definition) is 2. The standard InChI is InChI=1S/C16H13F3N2O3/c1-21-13-7-11(2-3-14(13)24-15(21)23)20-8-9-4-10(16(17,18)19)6-12(22)5-9/h2-7,20,22H,8H2,1H3. The Kier molecular flexibility index (Phi) is 3.75. The minimum atomic E-state index is -4.53. The monoisotopic (exact) mass is 338 g/mol. The largest absolute Gasteiger partial charge is 0.508 e. The number of aromatic hydroxyl groups is 1. The predicted octanol–water partition coefficient (Wildman–Crippen LogP) is 3.47. The Morgan fingerprint density at radius 1 is 1.21 bits per heavy atom. The van der Waals surface area contributed by atoms with E-state index in [0.29, 0.717) is 22.9 Å². The summed E-state index contributed by atoms with van der Waals surface area (Å²) in [7, 11) is 1.56. The normalized spacial score (nSPS) is 11.8. The molecule has 0 amide bonds. The predicted molar refractivity (Wildman–Crippen MR) is 81.9 cm³/mol. The fraction of sp³-hybridized carbons (Fsp3) is 0.188. The number of nitrogens with one attached hydrogen (secondary N) is 1. The summed E-state index contributed by atoms with van der Waals surface area (Å²) in [5, 5.41) is 12.4. The number of fused-ring (bicyclic) bond motifs is 1. The molecule has 3 aromatic rings. The van der Waals surface area contributed by atoms with Crippen molar-refractivity contribution in [1.29, 1.82) is 0 Å². The summed E-state index contributed by atoms with van der Waals surface area (Å²) >= 11 is 0. The van der Waals surface area contributed by atoms with E-state index in [9.17, 15) is 23.1 Å². The summed E-state index contributed by atoms with van der Waals surface area (Å²) in [6, 6.07) is 7.82. The van der Waals surface area contributed by atoms with E-state index in [1.54, 1.807) is 25.2 Å². The molecule has 0 unspecified atom stereocenters. The van der Waals surface area contributed by atoms with Crippen molar-refractivity contribution in [3.8, 4) is 5.75 Å². The Labute approximate surface area is 133 Å². The molecule has 0 radical (unpaired) electrons. The maximum absolute atomic E-state index is 12.8. The Bertz CT molecular complexity index is 957. The lowest BCUT2D eigenvalue weighted by Gasteiger charge is -2.11. The highest BCUT2D eigenvalue weighted by atomic mass is 19.4. The number of halogens is 3. The molecule has 0 saturated carbocycles. The summed E-state index contributed by atoms with van der Waals surface area (Å²) in [6.45, 7) is 0.0782. The van der Waals surface area contributed by atoms with E-state index in [1.165, 1.54) is 10.6 Å². The average molecular weight is 338 g/mol. The van der Waals surface area contributed by atoms with Gasteiger partial charge in [0.05, 0.1) is 11.1 Å². The Hall–Kier alpha value is -2.90. The van der Waals surface area contributed by atoms with Crippen molar-refractivity contribution in [3.63, 3.8) is 0 Å². The minimum Gasteiger partial charge on any atom is -0.508 e. The number of phenolic OH excluding ortho intramolecular Hbond substituents is 1. The number of oxazole rings is 1. The lowest BCUT2D eigenvalue weighted by Crippen LogP contribution is -2.08. The molecule has 0 aliphatic rings. The third-order valence-corrected chi connectivity index (χ3v) is 3.59. The van der Waals surface area contributed by atoms with Gasteiger partial charge in [0, 0.05) is 19.3 Å². The van der Waals surface area contributed by atoms with Gasteiger partial charge < -0.3 is 14.8 Å². The molecule has 3 rings (SSSR count). The van der Waals surface area contributed by atoms with Gasteiger partial charge in [0.25, 0.3) is 0 Å². The molecule has 5 nitrogen and oxygen atoms in total. The van der Waals surface area contributed by atoms with E-state index in [4.69, 9.17) is 4.42 Å².